The van der Waals surface area contributed by atoms with Crippen LogP contribution >= 0.6 is 11.8 Å². The minimum absolute atomic E-state index is 0.278. The average Bonchev–Trinajstić information content (AvgIpc) is 2.22. The van der Waals surface area contributed by atoms with Gasteiger partial charge in [-0.25, -0.2) is 4.79 Å². The van der Waals surface area contributed by atoms with E-state index in [1.54, 1.807) is 0 Å². The summed E-state index contributed by atoms with van der Waals surface area (Å²) in [7, 11) is 0. The Morgan fingerprint density at radius 2 is 2.07 bits per heavy atom. The summed E-state index contributed by atoms with van der Waals surface area (Å²) in [5.41, 5.74) is 0. The Labute approximate surface area is 91.7 Å². The summed E-state index contributed by atoms with van der Waals surface area (Å²) in [4.78, 5) is 21.7. The lowest BCUT2D eigenvalue weighted by molar-refractivity contribution is -0.144. The molecule has 0 aliphatic carbocycles. The maximum Gasteiger partial charge on any atom is 0.326 e. The Balaban J connectivity index is 4.16. The van der Waals surface area contributed by atoms with Gasteiger partial charge in [0.2, 0.25) is 0 Å². The third-order valence-electron chi connectivity index (χ3n) is 1.70. The van der Waals surface area contributed by atoms with Crippen LogP contribution in [0.3, 0.4) is 0 Å². The molecule has 0 aromatic rings. The highest BCUT2D eigenvalue weighted by Gasteiger charge is 2.22. The molecule has 0 heterocycles. The van der Waals surface area contributed by atoms with Crippen LogP contribution in [0.5, 0.6) is 0 Å². The number of carboxylic acid groups (broad SMARTS) is 1. The number of amides is 1. The van der Waals surface area contributed by atoms with Crippen molar-refractivity contribution in [2.75, 3.05) is 18.6 Å². The van der Waals surface area contributed by atoms with Crippen molar-refractivity contribution in [3.8, 4) is 0 Å². The fourth-order valence-electron chi connectivity index (χ4n) is 0.844. The number of carbonyl (C=O) groups is 2. The molecule has 88 valence electrons. The summed E-state index contributed by atoms with van der Waals surface area (Å²) in [6.07, 6.45) is 0.532. The molecule has 1 amide bonds. The smallest absolute Gasteiger partial charge is 0.326 e. The zero-order valence-corrected chi connectivity index (χ0v) is 9.16. The topological polar surface area (TPSA) is 107 Å². The maximum absolute atomic E-state index is 11.1. The lowest BCUT2D eigenvalue weighted by Gasteiger charge is -2.15. The molecule has 2 atom stereocenters. The summed E-state index contributed by atoms with van der Waals surface area (Å²) in [6.45, 7) is -0.722. The van der Waals surface area contributed by atoms with Gasteiger partial charge in [-0.3, -0.25) is 4.79 Å². The van der Waals surface area contributed by atoms with Gasteiger partial charge in [-0.05, 0) is 18.4 Å². The number of aliphatic hydroxyl groups is 2. The molecular weight excluding hydrogens is 222 g/mol. The molecule has 0 aromatic carbocycles. The van der Waals surface area contributed by atoms with Gasteiger partial charge in [0.05, 0.1) is 6.61 Å². The molecule has 0 fully saturated rings. The standard InChI is InChI=1S/C8H15NO5S/c1-15-3-2-5(8(13)14)9-7(12)6(11)4-10/h5-6,10-11H,2-4H2,1H3,(H,9,12)(H,13,14). The van der Waals surface area contributed by atoms with Crippen LogP contribution in [0.4, 0.5) is 0 Å². The van der Waals surface area contributed by atoms with Gasteiger partial charge in [-0.15, -0.1) is 0 Å². The average molecular weight is 237 g/mol. The van der Waals surface area contributed by atoms with Crippen molar-refractivity contribution in [1.29, 1.82) is 0 Å². The Bertz CT molecular complexity index is 223. The normalized spacial score (nSPS) is 14.3. The van der Waals surface area contributed by atoms with Crippen LogP contribution in [0.15, 0.2) is 0 Å². The quantitative estimate of drug-likeness (QED) is 0.437. The van der Waals surface area contributed by atoms with Gasteiger partial charge in [0.15, 0.2) is 6.10 Å². The number of carbonyl (C=O) groups excluding carboxylic acids is 1. The fourth-order valence-corrected chi connectivity index (χ4v) is 1.32. The molecular formula is C8H15NO5S. The van der Waals surface area contributed by atoms with E-state index in [-0.39, 0.29) is 6.42 Å². The van der Waals surface area contributed by atoms with E-state index in [2.05, 4.69) is 5.32 Å². The van der Waals surface area contributed by atoms with E-state index in [4.69, 9.17) is 15.3 Å². The van der Waals surface area contributed by atoms with E-state index in [9.17, 15) is 9.59 Å². The molecule has 0 aliphatic rings. The van der Waals surface area contributed by atoms with Gasteiger partial charge in [0.25, 0.3) is 5.91 Å². The molecule has 0 saturated carbocycles. The van der Waals surface area contributed by atoms with Gasteiger partial charge in [0, 0.05) is 0 Å². The number of rotatable bonds is 7. The lowest BCUT2D eigenvalue weighted by atomic mass is 10.2. The molecule has 0 bridgehead atoms. The molecule has 2 unspecified atom stereocenters. The van der Waals surface area contributed by atoms with Crippen LogP contribution in [0.1, 0.15) is 6.42 Å². The van der Waals surface area contributed by atoms with Gasteiger partial charge in [-0.1, -0.05) is 0 Å². The van der Waals surface area contributed by atoms with E-state index in [0.29, 0.717) is 5.75 Å². The predicted molar refractivity (Wildman–Crippen MR) is 55.7 cm³/mol. The van der Waals surface area contributed by atoms with Crippen LogP contribution < -0.4 is 5.32 Å². The molecule has 7 heteroatoms. The van der Waals surface area contributed by atoms with Crippen LogP contribution in [-0.4, -0.2) is 58.0 Å². The third kappa shape index (κ3) is 5.60. The Morgan fingerprint density at radius 3 is 2.47 bits per heavy atom. The monoisotopic (exact) mass is 237 g/mol. The molecule has 0 spiro atoms. The molecule has 0 radical (unpaired) electrons. The van der Waals surface area contributed by atoms with Crippen LogP contribution in [0, 0.1) is 0 Å². The van der Waals surface area contributed by atoms with Gasteiger partial charge in [0.1, 0.15) is 6.04 Å². The molecule has 4 N–H and O–H groups in total. The number of hydrogen-bond acceptors (Lipinski definition) is 5. The lowest BCUT2D eigenvalue weighted by Crippen LogP contribution is -2.46. The van der Waals surface area contributed by atoms with Crippen molar-refractivity contribution < 1.29 is 24.9 Å². The zero-order valence-electron chi connectivity index (χ0n) is 8.34. The highest BCUT2D eigenvalue weighted by Crippen LogP contribution is 2.01. The molecule has 0 aliphatic heterocycles. The van der Waals surface area contributed by atoms with Crippen LogP contribution in [-0.2, 0) is 9.59 Å². The Hall–Kier alpha value is -0.790. The summed E-state index contributed by atoms with van der Waals surface area (Å²) in [5, 5.41) is 28.3. The third-order valence-corrected chi connectivity index (χ3v) is 2.34. The highest BCUT2D eigenvalue weighted by molar-refractivity contribution is 7.98. The first-order valence-electron chi connectivity index (χ1n) is 4.34. The van der Waals surface area contributed by atoms with Crippen LogP contribution in [0.25, 0.3) is 0 Å². The summed E-state index contributed by atoms with van der Waals surface area (Å²) < 4.78 is 0. The van der Waals surface area contributed by atoms with E-state index < -0.39 is 30.6 Å². The zero-order chi connectivity index (χ0) is 11.8. The Morgan fingerprint density at radius 1 is 1.47 bits per heavy atom. The second-order valence-electron chi connectivity index (χ2n) is 2.88. The van der Waals surface area contributed by atoms with Crippen molar-refractivity contribution in [2.45, 2.75) is 18.6 Å². The minimum atomic E-state index is -1.57. The van der Waals surface area contributed by atoms with E-state index in [0.717, 1.165) is 0 Å². The van der Waals surface area contributed by atoms with E-state index in [1.165, 1.54) is 11.8 Å². The number of nitrogens with one attached hydrogen (secondary N) is 1. The number of carboxylic acids is 1. The number of thioether (sulfide) groups is 1. The molecule has 0 saturated heterocycles. The predicted octanol–water partition coefficient (Wildman–Crippen LogP) is -1.34. The van der Waals surface area contributed by atoms with Gasteiger partial charge < -0.3 is 20.6 Å². The molecule has 15 heavy (non-hydrogen) atoms. The molecule has 0 aromatic heterocycles. The van der Waals surface area contributed by atoms with Crippen LogP contribution in [0.2, 0.25) is 0 Å². The van der Waals surface area contributed by atoms with Crippen molar-refractivity contribution in [2.24, 2.45) is 0 Å². The van der Waals surface area contributed by atoms with Crippen molar-refractivity contribution in [3.05, 3.63) is 0 Å². The second kappa shape index (κ2) is 7.49. The summed E-state index contributed by atoms with van der Waals surface area (Å²) in [5.74, 6) is -1.43. The molecule has 6 nitrogen and oxygen atoms in total. The summed E-state index contributed by atoms with van der Waals surface area (Å²) >= 11 is 1.46. The SMILES string of the molecule is CSCCC(NC(=O)C(O)CO)C(=O)O. The van der Waals surface area contributed by atoms with Gasteiger partial charge in [-0.2, -0.15) is 11.8 Å². The first-order chi connectivity index (χ1) is 7.02. The van der Waals surface area contributed by atoms with Crippen molar-refractivity contribution in [1.82, 2.24) is 5.32 Å². The van der Waals surface area contributed by atoms with Crippen molar-refractivity contribution >= 4 is 23.6 Å². The minimum Gasteiger partial charge on any atom is -0.480 e. The first kappa shape index (κ1) is 14.2. The Kier molecular flexibility index (Phi) is 7.10. The van der Waals surface area contributed by atoms with E-state index >= 15 is 0 Å². The summed E-state index contributed by atoms with van der Waals surface area (Å²) in [6, 6.07) is -1.02. The van der Waals surface area contributed by atoms with Crippen molar-refractivity contribution in [3.63, 3.8) is 0 Å². The number of aliphatic carboxylic acids is 1. The first-order valence-corrected chi connectivity index (χ1v) is 5.73. The second-order valence-corrected chi connectivity index (χ2v) is 3.86. The maximum atomic E-state index is 11.1. The van der Waals surface area contributed by atoms with Gasteiger partial charge >= 0.3 is 5.97 Å². The molecule has 0 rings (SSSR count). The van der Waals surface area contributed by atoms with E-state index in [1.807, 2.05) is 6.26 Å². The number of hydrogen-bond donors (Lipinski definition) is 4. The fraction of sp³-hybridized carbons (Fsp3) is 0.750. The largest absolute Gasteiger partial charge is 0.480 e. The number of aliphatic hydroxyl groups excluding tert-OH is 2. The highest BCUT2D eigenvalue weighted by atomic mass is 32.2.